The number of carbonyl (C=O) groups is 1. The highest BCUT2D eigenvalue weighted by molar-refractivity contribution is 6.31. The molecule has 0 bridgehead atoms. The molecule has 1 atom stereocenters. The van der Waals surface area contributed by atoms with Crippen molar-refractivity contribution in [1.82, 2.24) is 9.88 Å². The smallest absolute Gasteiger partial charge is 0.268 e. The molecule has 0 aliphatic carbocycles. The van der Waals surface area contributed by atoms with E-state index in [4.69, 9.17) is 16.3 Å². The highest BCUT2D eigenvalue weighted by atomic mass is 35.5. The van der Waals surface area contributed by atoms with Crippen LogP contribution in [0, 0.1) is 0 Å². The van der Waals surface area contributed by atoms with Crippen molar-refractivity contribution >= 4 is 28.4 Å². The summed E-state index contributed by atoms with van der Waals surface area (Å²) in [5, 5.41) is 4.59. The number of halogens is 1. The number of amides is 1. The molecule has 0 spiro atoms. The van der Waals surface area contributed by atoms with Crippen molar-refractivity contribution < 1.29 is 9.53 Å². The summed E-state index contributed by atoms with van der Waals surface area (Å²) in [6, 6.07) is 7.49. The second-order valence-corrected chi connectivity index (χ2v) is 5.57. The van der Waals surface area contributed by atoms with Gasteiger partial charge in [-0.2, -0.15) is 0 Å². The van der Waals surface area contributed by atoms with Crippen LogP contribution in [0.1, 0.15) is 23.3 Å². The zero-order valence-electron chi connectivity index (χ0n) is 11.4. The Labute approximate surface area is 122 Å². The lowest BCUT2D eigenvalue weighted by molar-refractivity contribution is 0.0851. The van der Waals surface area contributed by atoms with Crippen molar-refractivity contribution in [2.24, 2.45) is 7.05 Å². The molecule has 1 aromatic carbocycles. The van der Waals surface area contributed by atoms with E-state index >= 15 is 0 Å². The minimum Gasteiger partial charge on any atom is -0.376 e. The molecular formula is C15H17ClN2O2. The van der Waals surface area contributed by atoms with Crippen LogP contribution in [0.15, 0.2) is 24.3 Å². The van der Waals surface area contributed by atoms with Crippen LogP contribution in [0.25, 0.3) is 10.9 Å². The normalized spacial score (nSPS) is 18.6. The molecular weight excluding hydrogens is 276 g/mol. The van der Waals surface area contributed by atoms with Gasteiger partial charge in [-0.3, -0.25) is 4.79 Å². The van der Waals surface area contributed by atoms with Gasteiger partial charge in [-0.05, 0) is 37.1 Å². The average molecular weight is 293 g/mol. The van der Waals surface area contributed by atoms with Crippen LogP contribution < -0.4 is 5.32 Å². The quantitative estimate of drug-likeness (QED) is 0.945. The third-order valence-electron chi connectivity index (χ3n) is 3.75. The standard InChI is InChI=1S/C15H17ClN2O2/c1-18-13-5-4-11(16)7-10(13)8-14(18)15(19)17-9-12-3-2-6-20-12/h4-5,7-8,12H,2-3,6,9H2,1H3,(H,17,19)/t12-/m1/s1. The summed E-state index contributed by atoms with van der Waals surface area (Å²) in [5.41, 5.74) is 1.64. The highest BCUT2D eigenvalue weighted by Crippen LogP contribution is 2.22. The van der Waals surface area contributed by atoms with E-state index in [1.54, 1.807) is 0 Å². The second kappa shape index (κ2) is 5.46. The van der Waals surface area contributed by atoms with Crippen LogP contribution in [0.2, 0.25) is 5.02 Å². The van der Waals surface area contributed by atoms with Gasteiger partial charge in [0.15, 0.2) is 0 Å². The Kier molecular flexibility index (Phi) is 3.68. The number of nitrogens with zero attached hydrogens (tertiary/aromatic N) is 1. The molecule has 0 unspecified atom stereocenters. The highest BCUT2D eigenvalue weighted by Gasteiger charge is 2.18. The minimum atomic E-state index is -0.0738. The van der Waals surface area contributed by atoms with Gasteiger partial charge in [0.05, 0.1) is 6.10 Å². The maximum Gasteiger partial charge on any atom is 0.268 e. The summed E-state index contributed by atoms with van der Waals surface area (Å²) in [4.78, 5) is 12.3. The summed E-state index contributed by atoms with van der Waals surface area (Å²) >= 11 is 5.98. The molecule has 0 saturated carbocycles. The SMILES string of the molecule is Cn1c(C(=O)NC[C@H]2CCCO2)cc2cc(Cl)ccc21. The van der Waals surface area contributed by atoms with Gasteiger partial charge >= 0.3 is 0 Å². The summed E-state index contributed by atoms with van der Waals surface area (Å²) in [7, 11) is 1.89. The number of fused-ring (bicyclic) bond motifs is 1. The maximum atomic E-state index is 12.3. The van der Waals surface area contributed by atoms with E-state index < -0.39 is 0 Å². The molecule has 1 N–H and O–H groups in total. The Morgan fingerprint density at radius 2 is 2.35 bits per heavy atom. The number of rotatable bonds is 3. The second-order valence-electron chi connectivity index (χ2n) is 5.14. The van der Waals surface area contributed by atoms with Crippen LogP contribution in [0.3, 0.4) is 0 Å². The molecule has 3 rings (SSSR count). The van der Waals surface area contributed by atoms with Gasteiger partial charge in [0, 0.05) is 36.1 Å². The molecule has 1 aliphatic rings. The first-order valence-electron chi connectivity index (χ1n) is 6.80. The number of hydrogen-bond acceptors (Lipinski definition) is 2. The minimum absolute atomic E-state index is 0.0738. The van der Waals surface area contributed by atoms with E-state index in [0.29, 0.717) is 17.3 Å². The molecule has 1 amide bonds. The lowest BCUT2D eigenvalue weighted by Gasteiger charge is -2.11. The fraction of sp³-hybridized carbons (Fsp3) is 0.400. The number of benzene rings is 1. The van der Waals surface area contributed by atoms with E-state index in [1.807, 2.05) is 35.9 Å². The van der Waals surface area contributed by atoms with E-state index in [0.717, 1.165) is 30.4 Å². The maximum absolute atomic E-state index is 12.3. The molecule has 1 saturated heterocycles. The summed E-state index contributed by atoms with van der Waals surface area (Å²) in [5.74, 6) is -0.0738. The topological polar surface area (TPSA) is 43.3 Å². The number of aromatic nitrogens is 1. The molecule has 1 aliphatic heterocycles. The molecule has 5 heteroatoms. The first-order chi connectivity index (χ1) is 9.65. The van der Waals surface area contributed by atoms with Crippen molar-refractivity contribution in [3.63, 3.8) is 0 Å². The number of hydrogen-bond donors (Lipinski definition) is 1. The molecule has 2 aromatic rings. The van der Waals surface area contributed by atoms with Crippen LogP contribution in [0.5, 0.6) is 0 Å². The van der Waals surface area contributed by atoms with Crippen molar-refractivity contribution in [1.29, 1.82) is 0 Å². The first-order valence-corrected chi connectivity index (χ1v) is 7.18. The van der Waals surface area contributed by atoms with Crippen molar-refractivity contribution in [2.45, 2.75) is 18.9 Å². The molecule has 2 heterocycles. The van der Waals surface area contributed by atoms with Gasteiger partial charge in [0.25, 0.3) is 5.91 Å². The Balaban J connectivity index is 1.78. The number of ether oxygens (including phenoxy) is 1. The van der Waals surface area contributed by atoms with Gasteiger partial charge in [0.1, 0.15) is 5.69 Å². The predicted octanol–water partition coefficient (Wildman–Crippen LogP) is 2.74. The number of carbonyl (C=O) groups excluding carboxylic acids is 1. The van der Waals surface area contributed by atoms with Gasteiger partial charge in [-0.25, -0.2) is 0 Å². The molecule has 106 valence electrons. The zero-order chi connectivity index (χ0) is 14.1. The third kappa shape index (κ3) is 2.53. The molecule has 20 heavy (non-hydrogen) atoms. The van der Waals surface area contributed by atoms with Crippen LogP contribution in [0.4, 0.5) is 0 Å². The number of nitrogens with one attached hydrogen (secondary N) is 1. The van der Waals surface area contributed by atoms with Gasteiger partial charge in [0.2, 0.25) is 0 Å². The van der Waals surface area contributed by atoms with E-state index in [1.165, 1.54) is 0 Å². The molecule has 1 fully saturated rings. The van der Waals surface area contributed by atoms with Crippen LogP contribution >= 0.6 is 11.6 Å². The summed E-state index contributed by atoms with van der Waals surface area (Å²) in [6.45, 7) is 1.37. The van der Waals surface area contributed by atoms with Crippen LogP contribution in [-0.2, 0) is 11.8 Å². The lowest BCUT2D eigenvalue weighted by atomic mass is 10.2. The van der Waals surface area contributed by atoms with Crippen LogP contribution in [-0.4, -0.2) is 29.7 Å². The van der Waals surface area contributed by atoms with Gasteiger partial charge in [-0.1, -0.05) is 11.6 Å². The van der Waals surface area contributed by atoms with Crippen molar-refractivity contribution in [3.8, 4) is 0 Å². The fourth-order valence-electron chi connectivity index (χ4n) is 2.64. The zero-order valence-corrected chi connectivity index (χ0v) is 12.1. The Morgan fingerprint density at radius 3 is 3.10 bits per heavy atom. The third-order valence-corrected chi connectivity index (χ3v) is 3.99. The summed E-state index contributed by atoms with van der Waals surface area (Å²) < 4.78 is 7.39. The molecule has 4 nitrogen and oxygen atoms in total. The average Bonchev–Trinajstić information content (AvgIpc) is 3.04. The lowest BCUT2D eigenvalue weighted by Crippen LogP contribution is -2.32. The predicted molar refractivity (Wildman–Crippen MR) is 79.2 cm³/mol. The van der Waals surface area contributed by atoms with Gasteiger partial charge in [-0.15, -0.1) is 0 Å². The van der Waals surface area contributed by atoms with Gasteiger partial charge < -0.3 is 14.6 Å². The molecule has 0 radical (unpaired) electrons. The van der Waals surface area contributed by atoms with Crippen molar-refractivity contribution in [3.05, 3.63) is 35.0 Å². The fourth-order valence-corrected chi connectivity index (χ4v) is 2.82. The van der Waals surface area contributed by atoms with Crippen molar-refractivity contribution in [2.75, 3.05) is 13.2 Å². The Hall–Kier alpha value is -1.52. The molecule has 1 aromatic heterocycles. The van der Waals surface area contributed by atoms with E-state index in [2.05, 4.69) is 5.32 Å². The van der Waals surface area contributed by atoms with E-state index in [9.17, 15) is 4.79 Å². The van der Waals surface area contributed by atoms with E-state index in [-0.39, 0.29) is 12.0 Å². The Bertz CT molecular complexity index is 645. The summed E-state index contributed by atoms with van der Waals surface area (Å²) in [6.07, 6.45) is 2.25. The Morgan fingerprint density at radius 1 is 1.50 bits per heavy atom. The monoisotopic (exact) mass is 292 g/mol. The number of aryl methyl sites for hydroxylation is 1. The largest absolute Gasteiger partial charge is 0.376 e. The first kappa shape index (κ1) is 13.5.